The topological polar surface area (TPSA) is 28.1 Å². The average Bonchev–Trinajstić information content (AvgIpc) is 1.96. The molecule has 0 saturated heterocycles. The average molecular weight is 176 g/mol. The van der Waals surface area contributed by atoms with Crippen LogP contribution in [0.2, 0.25) is 0 Å². The van der Waals surface area contributed by atoms with Gasteiger partial charge in [0.1, 0.15) is 4.98 Å². The molecular formula is C6H5Cl2N2+. The molecule has 1 rings (SSSR count). The van der Waals surface area contributed by atoms with E-state index in [-0.39, 0.29) is 0 Å². The van der Waals surface area contributed by atoms with Gasteiger partial charge in [0, 0.05) is 11.1 Å². The van der Waals surface area contributed by atoms with Gasteiger partial charge < -0.3 is 0 Å². The molecule has 10 heavy (non-hydrogen) atoms. The van der Waals surface area contributed by atoms with Crippen LogP contribution in [0.25, 0.3) is 4.98 Å². The SMILES string of the molecule is N#[N+]C1(Cl)C=CC(Cl)=CC1. The first-order valence-electron chi connectivity index (χ1n) is 2.76. The zero-order chi connectivity index (χ0) is 7.61. The largest absolute Gasteiger partial charge is 0.418 e. The van der Waals surface area contributed by atoms with E-state index in [9.17, 15) is 0 Å². The van der Waals surface area contributed by atoms with Gasteiger partial charge in [0.2, 0.25) is 5.39 Å². The summed E-state index contributed by atoms with van der Waals surface area (Å²) in [5, 5.41) is 9.03. The minimum Gasteiger partial charge on any atom is -0.0847 e. The van der Waals surface area contributed by atoms with Crippen molar-refractivity contribution in [1.29, 1.82) is 5.39 Å². The van der Waals surface area contributed by atoms with Gasteiger partial charge in [-0.3, -0.25) is 0 Å². The predicted octanol–water partition coefficient (Wildman–Crippen LogP) is 2.86. The van der Waals surface area contributed by atoms with E-state index in [0.29, 0.717) is 11.5 Å². The molecule has 1 atom stereocenters. The summed E-state index contributed by atoms with van der Waals surface area (Å²) in [6, 6.07) is 0. The van der Waals surface area contributed by atoms with Crippen molar-refractivity contribution in [2.24, 2.45) is 0 Å². The number of hydrogen-bond acceptors (Lipinski definition) is 1. The lowest BCUT2D eigenvalue weighted by Crippen LogP contribution is -2.12. The predicted molar refractivity (Wildman–Crippen MR) is 41.4 cm³/mol. The van der Waals surface area contributed by atoms with E-state index in [1.807, 2.05) is 0 Å². The molecule has 0 N–H and O–H groups in total. The second-order valence-electron chi connectivity index (χ2n) is 2.05. The van der Waals surface area contributed by atoms with Gasteiger partial charge in [0.05, 0.1) is 6.42 Å². The van der Waals surface area contributed by atoms with E-state index >= 15 is 0 Å². The number of allylic oxidation sites excluding steroid dienone is 2. The first-order valence-corrected chi connectivity index (χ1v) is 3.52. The Kier molecular flexibility index (Phi) is 1.98. The quantitative estimate of drug-likeness (QED) is 0.317. The summed E-state index contributed by atoms with van der Waals surface area (Å²) in [6.07, 6.45) is 5.29. The molecule has 1 aliphatic carbocycles. The number of hydrogen-bond donors (Lipinski definition) is 0. The Balaban J connectivity index is 2.80. The lowest BCUT2D eigenvalue weighted by atomic mass is 10.1. The number of alkyl halides is 1. The minimum atomic E-state index is -0.988. The first-order chi connectivity index (χ1) is 4.66. The van der Waals surface area contributed by atoms with E-state index in [2.05, 4.69) is 4.98 Å². The van der Waals surface area contributed by atoms with Gasteiger partial charge in [-0.15, -0.1) is 0 Å². The highest BCUT2D eigenvalue weighted by molar-refractivity contribution is 6.32. The molecule has 0 aromatic rings. The molecule has 0 aliphatic heterocycles. The van der Waals surface area contributed by atoms with Crippen molar-refractivity contribution in [3.8, 4) is 0 Å². The molecule has 0 aromatic heterocycles. The Labute approximate surface area is 68.7 Å². The molecule has 0 aromatic carbocycles. The third-order valence-electron chi connectivity index (χ3n) is 1.25. The fourth-order valence-corrected chi connectivity index (χ4v) is 0.938. The highest BCUT2D eigenvalue weighted by atomic mass is 35.5. The molecule has 0 fully saturated rings. The van der Waals surface area contributed by atoms with Gasteiger partial charge in [-0.1, -0.05) is 17.7 Å². The maximum absolute atomic E-state index is 8.41. The highest BCUT2D eigenvalue weighted by Crippen LogP contribution is 2.29. The summed E-state index contributed by atoms with van der Waals surface area (Å²) in [7, 11) is 0. The first kappa shape index (κ1) is 7.59. The third-order valence-corrected chi connectivity index (χ3v) is 1.88. The van der Waals surface area contributed by atoms with Crippen LogP contribution in [0, 0.1) is 5.39 Å². The fourth-order valence-electron chi connectivity index (χ4n) is 0.658. The fraction of sp³-hybridized carbons (Fsp3) is 0.333. The third kappa shape index (κ3) is 1.50. The van der Waals surface area contributed by atoms with Gasteiger partial charge in [0.25, 0.3) is 0 Å². The summed E-state index contributed by atoms with van der Waals surface area (Å²) in [5.74, 6) is 0. The van der Waals surface area contributed by atoms with Crippen LogP contribution in [0.5, 0.6) is 0 Å². The van der Waals surface area contributed by atoms with Crippen molar-refractivity contribution in [3.63, 3.8) is 0 Å². The zero-order valence-corrected chi connectivity index (χ0v) is 6.60. The standard InChI is InChI=1S/C6H5Cl2N2/c7-5-1-3-6(8,10-9)4-2-5/h1-3H,4H2/q+1. The van der Waals surface area contributed by atoms with Crippen LogP contribution in [0.1, 0.15) is 6.42 Å². The molecule has 52 valence electrons. The van der Waals surface area contributed by atoms with Crippen molar-refractivity contribution < 1.29 is 0 Å². The van der Waals surface area contributed by atoms with Crippen LogP contribution in [-0.4, -0.2) is 5.00 Å². The summed E-state index contributed by atoms with van der Waals surface area (Å²) < 4.78 is 0. The van der Waals surface area contributed by atoms with Crippen LogP contribution < -0.4 is 0 Å². The second-order valence-corrected chi connectivity index (χ2v) is 3.14. The maximum atomic E-state index is 8.41. The molecule has 2 nitrogen and oxygen atoms in total. The van der Waals surface area contributed by atoms with E-state index < -0.39 is 5.00 Å². The summed E-state index contributed by atoms with van der Waals surface area (Å²) in [6.45, 7) is 0. The van der Waals surface area contributed by atoms with Crippen molar-refractivity contribution in [2.75, 3.05) is 0 Å². The maximum Gasteiger partial charge on any atom is 0.418 e. The molecule has 0 amide bonds. The Bertz CT molecular complexity index is 239. The smallest absolute Gasteiger partial charge is 0.0847 e. The molecule has 1 unspecified atom stereocenters. The van der Waals surface area contributed by atoms with Crippen LogP contribution in [0.4, 0.5) is 0 Å². The molecule has 0 heterocycles. The lowest BCUT2D eigenvalue weighted by Gasteiger charge is -2.03. The molecule has 0 bridgehead atoms. The Morgan fingerprint density at radius 1 is 1.70 bits per heavy atom. The van der Waals surface area contributed by atoms with E-state index in [0.717, 1.165) is 0 Å². The van der Waals surface area contributed by atoms with E-state index in [1.165, 1.54) is 0 Å². The van der Waals surface area contributed by atoms with Gasteiger partial charge in [-0.25, -0.2) is 0 Å². The lowest BCUT2D eigenvalue weighted by molar-refractivity contribution is 0.838. The highest BCUT2D eigenvalue weighted by Gasteiger charge is 2.38. The normalized spacial score (nSPS) is 31.1. The van der Waals surface area contributed by atoms with E-state index in [4.69, 9.17) is 28.6 Å². The van der Waals surface area contributed by atoms with Crippen molar-refractivity contribution >= 4 is 23.2 Å². The Morgan fingerprint density at radius 2 is 2.40 bits per heavy atom. The summed E-state index contributed by atoms with van der Waals surface area (Å²) in [5.41, 5.74) is 0. The van der Waals surface area contributed by atoms with Crippen molar-refractivity contribution in [3.05, 3.63) is 28.2 Å². The number of halogens is 2. The molecule has 0 radical (unpaired) electrons. The Hall–Kier alpha value is -0.520. The number of rotatable bonds is 0. The van der Waals surface area contributed by atoms with Gasteiger partial charge in [-0.05, 0) is 17.7 Å². The summed E-state index contributed by atoms with van der Waals surface area (Å²) in [4.78, 5) is 2.00. The molecule has 4 heteroatoms. The number of nitrogens with zero attached hydrogens (tertiary/aromatic N) is 2. The monoisotopic (exact) mass is 175 g/mol. The minimum absolute atomic E-state index is 0.431. The number of diazo groups is 1. The van der Waals surface area contributed by atoms with Crippen molar-refractivity contribution in [1.82, 2.24) is 0 Å². The van der Waals surface area contributed by atoms with Crippen LogP contribution in [0.3, 0.4) is 0 Å². The molecule has 0 spiro atoms. The van der Waals surface area contributed by atoms with E-state index in [1.54, 1.807) is 18.2 Å². The van der Waals surface area contributed by atoms with Gasteiger partial charge >= 0.3 is 5.00 Å². The molecule has 0 saturated carbocycles. The second kappa shape index (κ2) is 2.61. The van der Waals surface area contributed by atoms with Crippen LogP contribution in [0.15, 0.2) is 23.3 Å². The molecule has 1 aliphatic rings. The van der Waals surface area contributed by atoms with Gasteiger partial charge in [-0.2, -0.15) is 0 Å². The Morgan fingerprint density at radius 3 is 2.80 bits per heavy atom. The zero-order valence-electron chi connectivity index (χ0n) is 5.09. The summed E-state index contributed by atoms with van der Waals surface area (Å²) >= 11 is 11.3. The van der Waals surface area contributed by atoms with Crippen molar-refractivity contribution in [2.45, 2.75) is 11.4 Å². The van der Waals surface area contributed by atoms with Gasteiger partial charge in [0.15, 0.2) is 0 Å². The van der Waals surface area contributed by atoms with Crippen LogP contribution >= 0.6 is 23.2 Å². The van der Waals surface area contributed by atoms with Crippen LogP contribution in [-0.2, 0) is 0 Å². The molecular weight excluding hydrogens is 171 g/mol.